The van der Waals surface area contributed by atoms with E-state index in [2.05, 4.69) is 57.7 Å². The lowest BCUT2D eigenvalue weighted by molar-refractivity contribution is -0.127. The quantitative estimate of drug-likeness (QED) is 0.545. The van der Waals surface area contributed by atoms with E-state index >= 15 is 0 Å². The van der Waals surface area contributed by atoms with E-state index in [-0.39, 0.29) is 11.9 Å². The number of hydrogen-bond acceptors (Lipinski definition) is 3. The molecule has 0 saturated heterocycles. The maximum absolute atomic E-state index is 13.2. The lowest BCUT2D eigenvalue weighted by Crippen LogP contribution is -2.34. The third kappa shape index (κ3) is 5.48. The van der Waals surface area contributed by atoms with Gasteiger partial charge in [0.25, 0.3) is 0 Å². The standard InChI is InChI=1S/C28H37N3O/c1-5-9-21-16-22(11-10-20(21)8-4)23-12-13-24-17-25(19-27(29)30-26(24)18-23)28(32)31(14-6-2)15-7-3/h8,10-13,16-17,26H,4-7,9,14-15,18-19H2,1-3H3,(H2,29,30). The van der Waals surface area contributed by atoms with E-state index in [1.165, 1.54) is 22.3 Å². The summed E-state index contributed by atoms with van der Waals surface area (Å²) in [5, 5.41) is 0. The van der Waals surface area contributed by atoms with Crippen LogP contribution in [-0.4, -0.2) is 35.8 Å². The Labute approximate surface area is 193 Å². The Balaban J connectivity index is 1.92. The third-order valence-electron chi connectivity index (χ3n) is 6.11. The number of carbonyl (C=O) groups excluding carboxylic acids is 1. The summed E-state index contributed by atoms with van der Waals surface area (Å²) in [7, 11) is 0. The Morgan fingerprint density at radius 1 is 1.19 bits per heavy atom. The van der Waals surface area contributed by atoms with Crippen LogP contribution in [0.2, 0.25) is 0 Å². The summed E-state index contributed by atoms with van der Waals surface area (Å²) >= 11 is 0. The van der Waals surface area contributed by atoms with Gasteiger partial charge in [0.15, 0.2) is 0 Å². The van der Waals surface area contributed by atoms with E-state index < -0.39 is 0 Å². The smallest absolute Gasteiger partial charge is 0.250 e. The van der Waals surface area contributed by atoms with Gasteiger partial charge in [0.2, 0.25) is 5.91 Å². The molecule has 32 heavy (non-hydrogen) atoms. The second kappa shape index (κ2) is 11.1. The molecule has 1 atom stereocenters. The predicted molar refractivity (Wildman–Crippen MR) is 136 cm³/mol. The highest BCUT2D eigenvalue weighted by Gasteiger charge is 2.26. The summed E-state index contributed by atoms with van der Waals surface area (Å²) in [4.78, 5) is 19.9. The third-order valence-corrected chi connectivity index (χ3v) is 6.11. The first-order chi connectivity index (χ1) is 15.5. The Kier molecular flexibility index (Phi) is 8.26. The van der Waals surface area contributed by atoms with Crippen LogP contribution in [0.4, 0.5) is 0 Å². The van der Waals surface area contributed by atoms with Gasteiger partial charge < -0.3 is 10.6 Å². The van der Waals surface area contributed by atoms with Crippen molar-refractivity contribution in [1.82, 2.24) is 4.90 Å². The van der Waals surface area contributed by atoms with E-state index in [0.717, 1.165) is 56.3 Å². The monoisotopic (exact) mass is 431 g/mol. The van der Waals surface area contributed by atoms with Crippen LogP contribution in [0.1, 0.15) is 69.6 Å². The highest BCUT2D eigenvalue weighted by atomic mass is 16.2. The van der Waals surface area contributed by atoms with Gasteiger partial charge >= 0.3 is 0 Å². The average Bonchev–Trinajstić information content (AvgIpc) is 2.96. The van der Waals surface area contributed by atoms with E-state index in [9.17, 15) is 4.79 Å². The maximum Gasteiger partial charge on any atom is 0.250 e. The summed E-state index contributed by atoms with van der Waals surface area (Å²) in [5.74, 6) is 0.633. The lowest BCUT2D eigenvalue weighted by Gasteiger charge is -2.23. The number of carbonyl (C=O) groups is 1. The molecule has 1 amide bonds. The van der Waals surface area contributed by atoms with Crippen molar-refractivity contribution in [2.24, 2.45) is 10.7 Å². The molecule has 0 bridgehead atoms. The number of aliphatic imine (C=N–C) groups is 1. The summed E-state index contributed by atoms with van der Waals surface area (Å²) in [6.07, 6.45) is 13.5. The zero-order valence-electron chi connectivity index (χ0n) is 19.9. The number of rotatable bonds is 9. The molecule has 0 spiro atoms. The molecule has 4 heteroatoms. The molecule has 0 fully saturated rings. The van der Waals surface area contributed by atoms with Gasteiger partial charge in [-0.25, -0.2) is 0 Å². The summed E-state index contributed by atoms with van der Waals surface area (Å²) in [6, 6.07) is 6.57. The normalized spacial score (nSPS) is 17.9. The molecule has 2 N–H and O–H groups in total. The minimum Gasteiger partial charge on any atom is -0.387 e. The highest BCUT2D eigenvalue weighted by Crippen LogP contribution is 2.33. The van der Waals surface area contributed by atoms with Crippen LogP contribution >= 0.6 is 0 Å². The van der Waals surface area contributed by atoms with Crippen LogP contribution in [0, 0.1) is 0 Å². The maximum atomic E-state index is 13.2. The van der Waals surface area contributed by atoms with Crippen LogP contribution in [-0.2, 0) is 11.2 Å². The van der Waals surface area contributed by atoms with Crippen LogP contribution in [0.5, 0.6) is 0 Å². The SMILES string of the molecule is C=Cc1ccc(C2=CC=C3C=C(C(=O)N(CCC)CCC)CC(N)=NC3C2)cc1CCC. The van der Waals surface area contributed by atoms with Gasteiger partial charge in [0, 0.05) is 25.1 Å². The predicted octanol–water partition coefficient (Wildman–Crippen LogP) is 5.70. The fourth-order valence-electron chi connectivity index (χ4n) is 4.56. The number of nitrogens with two attached hydrogens (primary N) is 1. The molecule has 1 unspecified atom stereocenters. The first-order valence-electron chi connectivity index (χ1n) is 12.0. The molecule has 3 rings (SSSR count). The van der Waals surface area contributed by atoms with Gasteiger partial charge in [0.1, 0.15) is 0 Å². The van der Waals surface area contributed by atoms with Crippen molar-refractivity contribution in [3.05, 3.63) is 70.8 Å². The zero-order chi connectivity index (χ0) is 23.1. The first-order valence-corrected chi connectivity index (χ1v) is 12.0. The number of fused-ring (bicyclic) bond motifs is 1. The highest BCUT2D eigenvalue weighted by molar-refractivity contribution is 6.01. The Morgan fingerprint density at radius 3 is 2.59 bits per heavy atom. The van der Waals surface area contributed by atoms with Gasteiger partial charge in [0.05, 0.1) is 11.9 Å². The molecule has 0 radical (unpaired) electrons. The number of amides is 1. The zero-order valence-corrected chi connectivity index (χ0v) is 19.9. The van der Waals surface area contributed by atoms with E-state index in [0.29, 0.717) is 12.3 Å². The molecule has 4 nitrogen and oxygen atoms in total. The second-order valence-electron chi connectivity index (χ2n) is 8.71. The van der Waals surface area contributed by atoms with Crippen LogP contribution in [0.25, 0.3) is 11.6 Å². The van der Waals surface area contributed by atoms with Crippen molar-refractivity contribution in [2.75, 3.05) is 13.1 Å². The number of allylic oxidation sites excluding steroid dienone is 2. The number of nitrogens with zero attached hydrogens (tertiary/aromatic N) is 2. The van der Waals surface area contributed by atoms with Crippen LogP contribution in [0.3, 0.4) is 0 Å². The van der Waals surface area contributed by atoms with Gasteiger partial charge in [-0.3, -0.25) is 9.79 Å². The molecule has 1 aliphatic carbocycles. The molecule has 1 aliphatic heterocycles. The van der Waals surface area contributed by atoms with Crippen molar-refractivity contribution >= 4 is 23.4 Å². The molecular weight excluding hydrogens is 394 g/mol. The van der Waals surface area contributed by atoms with E-state index in [1.54, 1.807) is 0 Å². The average molecular weight is 432 g/mol. The Bertz CT molecular complexity index is 974. The van der Waals surface area contributed by atoms with Gasteiger partial charge in [-0.1, -0.05) is 70.2 Å². The largest absolute Gasteiger partial charge is 0.387 e. The molecule has 2 aliphatic rings. The lowest BCUT2D eigenvalue weighted by atomic mass is 9.87. The Morgan fingerprint density at radius 2 is 1.94 bits per heavy atom. The van der Waals surface area contributed by atoms with Crippen molar-refractivity contribution in [2.45, 2.75) is 65.3 Å². The Hall–Kier alpha value is -2.88. The van der Waals surface area contributed by atoms with Crippen LogP contribution in [0.15, 0.2) is 59.1 Å². The first kappa shape index (κ1) is 23.8. The van der Waals surface area contributed by atoms with Crippen molar-refractivity contribution in [1.29, 1.82) is 0 Å². The van der Waals surface area contributed by atoms with Crippen molar-refractivity contribution < 1.29 is 4.79 Å². The van der Waals surface area contributed by atoms with Crippen molar-refractivity contribution in [3.8, 4) is 0 Å². The molecule has 1 aromatic carbocycles. The molecular formula is C28H37N3O. The molecule has 0 saturated carbocycles. The van der Waals surface area contributed by atoms with Gasteiger partial charge in [-0.05, 0) is 59.6 Å². The van der Waals surface area contributed by atoms with Gasteiger partial charge in [-0.15, -0.1) is 0 Å². The summed E-state index contributed by atoms with van der Waals surface area (Å²) in [6.45, 7) is 11.9. The van der Waals surface area contributed by atoms with Crippen LogP contribution < -0.4 is 5.73 Å². The van der Waals surface area contributed by atoms with E-state index in [1.807, 2.05) is 17.1 Å². The number of benzene rings is 1. The fraction of sp³-hybridized carbons (Fsp3) is 0.429. The van der Waals surface area contributed by atoms with Gasteiger partial charge in [-0.2, -0.15) is 0 Å². The minimum atomic E-state index is -0.0418. The number of amidine groups is 1. The second-order valence-corrected chi connectivity index (χ2v) is 8.71. The number of aryl methyl sites for hydroxylation is 1. The van der Waals surface area contributed by atoms with E-state index in [4.69, 9.17) is 10.7 Å². The summed E-state index contributed by atoms with van der Waals surface area (Å²) in [5.41, 5.74) is 13.1. The van der Waals surface area contributed by atoms with Crippen molar-refractivity contribution in [3.63, 3.8) is 0 Å². The molecule has 1 heterocycles. The molecule has 170 valence electrons. The number of hydrogen-bond donors (Lipinski definition) is 1. The molecule has 0 aromatic heterocycles. The fourth-order valence-corrected chi connectivity index (χ4v) is 4.56. The minimum absolute atomic E-state index is 0.0418. The summed E-state index contributed by atoms with van der Waals surface area (Å²) < 4.78 is 0. The topological polar surface area (TPSA) is 58.7 Å². The molecule has 1 aromatic rings.